The van der Waals surface area contributed by atoms with Crippen LogP contribution in [0.25, 0.3) is 5.69 Å². The summed E-state index contributed by atoms with van der Waals surface area (Å²) in [5.41, 5.74) is -0.253. The van der Waals surface area contributed by atoms with Gasteiger partial charge in [0.25, 0.3) is 11.8 Å². The summed E-state index contributed by atoms with van der Waals surface area (Å²) in [5.74, 6) is -5.85. The molecule has 0 spiro atoms. The average molecular weight is 451 g/mol. The minimum atomic E-state index is -3.24. The molecule has 0 N–H and O–H groups in total. The van der Waals surface area contributed by atoms with Gasteiger partial charge in [0, 0.05) is 25.2 Å². The lowest BCUT2D eigenvalue weighted by Crippen LogP contribution is -2.42. The maximum atomic E-state index is 14.1. The summed E-state index contributed by atoms with van der Waals surface area (Å²) in [5, 5.41) is 7.97. The van der Waals surface area contributed by atoms with Crippen LogP contribution < -0.4 is 4.74 Å². The zero-order valence-electron chi connectivity index (χ0n) is 17.6. The minimum Gasteiger partial charge on any atom is -0.473 e. The van der Waals surface area contributed by atoms with Gasteiger partial charge in [-0.25, -0.2) is 22.5 Å². The number of pyridine rings is 1. The second kappa shape index (κ2) is 9.33. The van der Waals surface area contributed by atoms with Crippen LogP contribution in [0.2, 0.25) is 0 Å². The molecule has 0 radical (unpaired) electrons. The zero-order valence-corrected chi connectivity index (χ0v) is 17.6. The van der Waals surface area contributed by atoms with Gasteiger partial charge in [0.15, 0.2) is 5.82 Å². The molecule has 0 aliphatic rings. The molecule has 170 valence electrons. The van der Waals surface area contributed by atoms with Crippen LogP contribution in [0, 0.1) is 11.6 Å². The molecule has 1 aromatic carbocycles. The minimum absolute atomic E-state index is 0.0359. The van der Waals surface area contributed by atoms with Gasteiger partial charge >= 0.3 is 0 Å². The summed E-state index contributed by atoms with van der Waals surface area (Å²) in [6.07, 6.45) is 3.68. The monoisotopic (exact) mass is 451 g/mol. The molecule has 2 aromatic heterocycles. The molecule has 11 heteroatoms. The van der Waals surface area contributed by atoms with Gasteiger partial charge in [0.1, 0.15) is 12.4 Å². The fourth-order valence-corrected chi connectivity index (χ4v) is 3.07. The quantitative estimate of drug-likeness (QED) is 0.485. The number of aromatic nitrogens is 4. The Bertz CT molecular complexity index is 1090. The molecule has 0 saturated heterocycles. The lowest BCUT2D eigenvalue weighted by molar-refractivity contribution is 0.0165. The number of halogens is 4. The standard InChI is InChI=1S/C21H21F4N5O2/c1-4-29(13(2)12-32-19-17(23)9-14(11-26-19)21(3,24)25)20(31)16-10-15(22)5-6-18(16)30-27-7-8-28-30/h5-11,13H,4,12H2,1-3H3/t13-/m0/s1. The normalized spacial score (nSPS) is 12.5. The first-order chi connectivity index (χ1) is 15.1. The highest BCUT2D eigenvalue weighted by molar-refractivity contribution is 5.98. The van der Waals surface area contributed by atoms with Crippen LogP contribution >= 0.6 is 0 Å². The third-order valence-corrected chi connectivity index (χ3v) is 4.73. The van der Waals surface area contributed by atoms with Crippen LogP contribution in [0.5, 0.6) is 5.88 Å². The van der Waals surface area contributed by atoms with E-state index in [0.717, 1.165) is 12.3 Å². The molecule has 2 heterocycles. The second-order valence-electron chi connectivity index (χ2n) is 7.13. The van der Waals surface area contributed by atoms with Crippen molar-refractivity contribution in [3.8, 4) is 11.6 Å². The molecular weight excluding hydrogens is 430 g/mol. The molecule has 7 nitrogen and oxygen atoms in total. The van der Waals surface area contributed by atoms with Gasteiger partial charge in [0.05, 0.1) is 29.7 Å². The Morgan fingerprint density at radius 2 is 1.91 bits per heavy atom. The van der Waals surface area contributed by atoms with Crippen molar-refractivity contribution in [3.63, 3.8) is 0 Å². The third kappa shape index (κ3) is 5.04. The molecular formula is C21H21F4N5O2. The van der Waals surface area contributed by atoms with Crippen molar-refractivity contribution in [3.05, 3.63) is 65.6 Å². The topological polar surface area (TPSA) is 73.1 Å². The van der Waals surface area contributed by atoms with Crippen molar-refractivity contribution in [2.45, 2.75) is 32.7 Å². The van der Waals surface area contributed by atoms with E-state index < -0.39 is 40.9 Å². The van der Waals surface area contributed by atoms with E-state index >= 15 is 0 Å². The predicted octanol–water partition coefficient (Wildman–Crippen LogP) is 3.98. The largest absolute Gasteiger partial charge is 0.473 e. The van der Waals surface area contributed by atoms with Crippen LogP contribution in [0.4, 0.5) is 17.6 Å². The number of nitrogens with zero attached hydrogens (tertiary/aromatic N) is 5. The number of amides is 1. The Kier molecular flexibility index (Phi) is 6.75. The van der Waals surface area contributed by atoms with Crippen LogP contribution in [-0.2, 0) is 5.92 Å². The van der Waals surface area contributed by atoms with E-state index in [2.05, 4.69) is 15.2 Å². The highest BCUT2D eigenvalue weighted by Gasteiger charge is 2.27. The number of hydrogen-bond donors (Lipinski definition) is 0. The van der Waals surface area contributed by atoms with Crippen molar-refractivity contribution < 1.29 is 27.1 Å². The molecule has 0 bridgehead atoms. The van der Waals surface area contributed by atoms with Gasteiger partial charge in [-0.3, -0.25) is 4.79 Å². The van der Waals surface area contributed by atoms with E-state index in [9.17, 15) is 22.4 Å². The first-order valence-electron chi connectivity index (χ1n) is 9.75. The Balaban J connectivity index is 1.78. The smallest absolute Gasteiger partial charge is 0.272 e. The molecule has 1 atom stereocenters. The SMILES string of the molecule is CCN(C(=O)c1cc(F)ccc1-n1nccn1)[C@@H](C)COc1ncc(C(C)(F)F)cc1F. The molecule has 0 aliphatic heterocycles. The number of carbonyl (C=O) groups is 1. The molecule has 32 heavy (non-hydrogen) atoms. The van der Waals surface area contributed by atoms with E-state index in [1.807, 2.05) is 0 Å². The van der Waals surface area contributed by atoms with Crippen LogP contribution in [-0.4, -0.2) is 50.0 Å². The van der Waals surface area contributed by atoms with Crippen LogP contribution in [0.1, 0.15) is 36.7 Å². The fraction of sp³-hybridized carbons (Fsp3) is 0.333. The van der Waals surface area contributed by atoms with E-state index in [1.165, 1.54) is 34.2 Å². The first-order valence-corrected chi connectivity index (χ1v) is 9.75. The lowest BCUT2D eigenvalue weighted by Gasteiger charge is -2.28. The van der Waals surface area contributed by atoms with Gasteiger partial charge in [0.2, 0.25) is 5.88 Å². The van der Waals surface area contributed by atoms with E-state index in [1.54, 1.807) is 13.8 Å². The van der Waals surface area contributed by atoms with Crippen molar-refractivity contribution in [2.75, 3.05) is 13.2 Å². The first kappa shape index (κ1) is 23.2. The summed E-state index contributed by atoms with van der Waals surface area (Å²) < 4.78 is 60.0. The highest BCUT2D eigenvalue weighted by Crippen LogP contribution is 2.28. The number of benzene rings is 1. The summed E-state index contributed by atoms with van der Waals surface area (Å²) in [6, 6.07) is 3.74. The van der Waals surface area contributed by atoms with E-state index in [0.29, 0.717) is 13.0 Å². The number of rotatable bonds is 8. The zero-order chi connectivity index (χ0) is 23.5. The van der Waals surface area contributed by atoms with E-state index in [4.69, 9.17) is 4.74 Å². The van der Waals surface area contributed by atoms with Gasteiger partial charge in [-0.15, -0.1) is 0 Å². The number of likely N-dealkylation sites (N-methyl/N-ethyl adjacent to an activating group) is 1. The summed E-state index contributed by atoms with van der Waals surface area (Å²) in [6.45, 7) is 4.07. The molecule has 0 fully saturated rings. The Morgan fingerprint density at radius 1 is 1.22 bits per heavy atom. The van der Waals surface area contributed by atoms with Gasteiger partial charge in [-0.1, -0.05) is 0 Å². The molecule has 0 saturated carbocycles. The molecule has 1 amide bonds. The highest BCUT2D eigenvalue weighted by atomic mass is 19.3. The summed E-state index contributed by atoms with van der Waals surface area (Å²) in [7, 11) is 0. The number of carbonyl (C=O) groups excluding carboxylic acids is 1. The van der Waals surface area contributed by atoms with Crippen molar-refractivity contribution in [2.24, 2.45) is 0 Å². The van der Waals surface area contributed by atoms with Gasteiger partial charge in [-0.05, 0) is 38.1 Å². The van der Waals surface area contributed by atoms with Crippen molar-refractivity contribution >= 4 is 5.91 Å². The molecule has 0 unspecified atom stereocenters. The van der Waals surface area contributed by atoms with Crippen molar-refractivity contribution in [1.29, 1.82) is 0 Å². The summed E-state index contributed by atoms with van der Waals surface area (Å²) in [4.78, 5) is 19.4. The Morgan fingerprint density at radius 3 is 2.50 bits per heavy atom. The Hall–Kier alpha value is -3.50. The predicted molar refractivity (Wildman–Crippen MR) is 107 cm³/mol. The third-order valence-electron chi connectivity index (χ3n) is 4.73. The fourth-order valence-electron chi connectivity index (χ4n) is 3.07. The molecule has 3 rings (SSSR count). The molecule has 3 aromatic rings. The lowest BCUT2D eigenvalue weighted by atomic mass is 10.1. The number of hydrogen-bond acceptors (Lipinski definition) is 5. The summed E-state index contributed by atoms with van der Waals surface area (Å²) >= 11 is 0. The number of ether oxygens (including phenoxy) is 1. The Labute approximate surface area is 181 Å². The molecule has 0 aliphatic carbocycles. The maximum absolute atomic E-state index is 14.1. The van der Waals surface area contributed by atoms with Gasteiger partial charge in [-0.2, -0.15) is 15.0 Å². The van der Waals surface area contributed by atoms with Crippen LogP contribution in [0.3, 0.4) is 0 Å². The number of alkyl halides is 2. The van der Waals surface area contributed by atoms with E-state index in [-0.39, 0.29) is 24.4 Å². The van der Waals surface area contributed by atoms with Crippen molar-refractivity contribution in [1.82, 2.24) is 24.9 Å². The average Bonchev–Trinajstić information content (AvgIpc) is 3.27. The van der Waals surface area contributed by atoms with Crippen LogP contribution in [0.15, 0.2) is 42.9 Å². The second-order valence-corrected chi connectivity index (χ2v) is 7.13. The maximum Gasteiger partial charge on any atom is 0.272 e. The van der Waals surface area contributed by atoms with Gasteiger partial charge < -0.3 is 9.64 Å².